The summed E-state index contributed by atoms with van der Waals surface area (Å²) in [5.74, 6) is -0.697. The van der Waals surface area contributed by atoms with Crippen LogP contribution in [0.4, 0.5) is 8.78 Å². The van der Waals surface area contributed by atoms with Gasteiger partial charge in [0.2, 0.25) is 10.0 Å². The van der Waals surface area contributed by atoms with Crippen molar-refractivity contribution in [2.24, 2.45) is 5.14 Å². The standard InChI is InChI=1S/C8H9F2NO4S/c1-14-5-3-2-4-6(15-8(9)10)7(5)16(11,12)13/h2-4,8H,1H3,(H2,11,12,13). The summed E-state index contributed by atoms with van der Waals surface area (Å²) in [6, 6.07) is 3.65. The first-order chi connectivity index (χ1) is 7.36. The van der Waals surface area contributed by atoms with Crippen LogP contribution in [0.1, 0.15) is 0 Å². The third-order valence-corrected chi connectivity index (χ3v) is 2.63. The van der Waals surface area contributed by atoms with E-state index in [0.717, 1.165) is 6.07 Å². The highest BCUT2D eigenvalue weighted by Gasteiger charge is 2.22. The molecule has 8 heteroatoms. The Morgan fingerprint density at radius 3 is 2.31 bits per heavy atom. The van der Waals surface area contributed by atoms with E-state index in [9.17, 15) is 17.2 Å². The molecule has 0 atom stereocenters. The van der Waals surface area contributed by atoms with Gasteiger partial charge in [-0.15, -0.1) is 0 Å². The molecular formula is C8H9F2NO4S. The topological polar surface area (TPSA) is 78.6 Å². The maximum Gasteiger partial charge on any atom is 0.387 e. The first kappa shape index (κ1) is 12.7. The molecule has 0 aromatic heterocycles. The van der Waals surface area contributed by atoms with E-state index in [2.05, 4.69) is 4.74 Å². The highest BCUT2D eigenvalue weighted by Crippen LogP contribution is 2.32. The van der Waals surface area contributed by atoms with Gasteiger partial charge in [-0.3, -0.25) is 0 Å². The van der Waals surface area contributed by atoms with Crippen LogP contribution in [0.15, 0.2) is 23.1 Å². The smallest absolute Gasteiger partial charge is 0.387 e. The second-order valence-electron chi connectivity index (χ2n) is 2.71. The fourth-order valence-electron chi connectivity index (χ4n) is 1.13. The largest absolute Gasteiger partial charge is 0.495 e. The molecule has 0 bridgehead atoms. The minimum absolute atomic E-state index is 0.152. The number of primary sulfonamides is 1. The minimum atomic E-state index is -4.21. The van der Waals surface area contributed by atoms with Gasteiger partial charge in [-0.1, -0.05) is 6.07 Å². The van der Waals surface area contributed by atoms with Gasteiger partial charge in [0.1, 0.15) is 11.5 Å². The Bertz CT molecular complexity index is 475. The first-order valence-electron chi connectivity index (χ1n) is 4.01. The maximum atomic E-state index is 12.0. The van der Waals surface area contributed by atoms with E-state index in [0.29, 0.717) is 0 Å². The van der Waals surface area contributed by atoms with Crippen molar-refractivity contribution in [1.29, 1.82) is 0 Å². The lowest BCUT2D eigenvalue weighted by Gasteiger charge is -2.12. The molecule has 0 unspecified atom stereocenters. The number of benzene rings is 1. The Labute approximate surface area is 90.8 Å². The van der Waals surface area contributed by atoms with Crippen LogP contribution in [0.2, 0.25) is 0 Å². The molecule has 2 N–H and O–H groups in total. The lowest BCUT2D eigenvalue weighted by Crippen LogP contribution is -2.16. The SMILES string of the molecule is COc1cccc(OC(F)F)c1S(N)(=O)=O. The number of alkyl halides is 2. The van der Waals surface area contributed by atoms with Crippen molar-refractivity contribution >= 4 is 10.0 Å². The van der Waals surface area contributed by atoms with Gasteiger partial charge in [-0.05, 0) is 12.1 Å². The van der Waals surface area contributed by atoms with Gasteiger partial charge in [-0.25, -0.2) is 13.6 Å². The van der Waals surface area contributed by atoms with Crippen LogP contribution in [-0.4, -0.2) is 22.1 Å². The Hall–Kier alpha value is -1.41. The minimum Gasteiger partial charge on any atom is -0.495 e. The number of hydrogen-bond acceptors (Lipinski definition) is 4. The van der Waals surface area contributed by atoms with E-state index in [-0.39, 0.29) is 5.75 Å². The summed E-state index contributed by atoms with van der Waals surface area (Å²) in [5.41, 5.74) is 0. The van der Waals surface area contributed by atoms with E-state index in [4.69, 9.17) is 9.88 Å². The number of rotatable bonds is 4. The Balaban J connectivity index is 3.38. The molecule has 0 aliphatic carbocycles. The molecule has 0 heterocycles. The molecule has 1 rings (SSSR count). The molecule has 0 radical (unpaired) electrons. The molecule has 0 saturated heterocycles. The van der Waals surface area contributed by atoms with E-state index < -0.39 is 27.3 Å². The van der Waals surface area contributed by atoms with Crippen LogP contribution in [-0.2, 0) is 10.0 Å². The monoisotopic (exact) mass is 253 g/mol. The van der Waals surface area contributed by atoms with Gasteiger partial charge in [0.05, 0.1) is 7.11 Å². The molecular weight excluding hydrogens is 244 g/mol. The van der Waals surface area contributed by atoms with Gasteiger partial charge in [0.25, 0.3) is 0 Å². The zero-order valence-corrected chi connectivity index (χ0v) is 9.00. The van der Waals surface area contributed by atoms with Crippen molar-refractivity contribution in [3.8, 4) is 11.5 Å². The van der Waals surface area contributed by atoms with Gasteiger partial charge in [-0.2, -0.15) is 8.78 Å². The lowest BCUT2D eigenvalue weighted by atomic mass is 10.3. The van der Waals surface area contributed by atoms with E-state index >= 15 is 0 Å². The predicted molar refractivity (Wildman–Crippen MR) is 51.0 cm³/mol. The summed E-state index contributed by atoms with van der Waals surface area (Å²) in [6.07, 6.45) is 0. The molecule has 0 aliphatic heterocycles. The van der Waals surface area contributed by atoms with E-state index in [1.165, 1.54) is 19.2 Å². The van der Waals surface area contributed by atoms with Gasteiger partial charge in [0.15, 0.2) is 4.90 Å². The maximum absolute atomic E-state index is 12.0. The van der Waals surface area contributed by atoms with Crippen LogP contribution in [0.5, 0.6) is 11.5 Å². The molecule has 0 saturated carbocycles. The van der Waals surface area contributed by atoms with Crippen molar-refractivity contribution in [3.63, 3.8) is 0 Å². The number of halogens is 2. The van der Waals surface area contributed by atoms with Crippen LogP contribution >= 0.6 is 0 Å². The molecule has 1 aromatic rings. The third kappa shape index (κ3) is 2.80. The van der Waals surface area contributed by atoms with Crippen molar-refractivity contribution in [3.05, 3.63) is 18.2 Å². The number of hydrogen-bond donors (Lipinski definition) is 1. The molecule has 90 valence electrons. The molecule has 0 aliphatic rings. The average Bonchev–Trinajstić information content (AvgIpc) is 2.14. The van der Waals surface area contributed by atoms with Crippen LogP contribution in [0.3, 0.4) is 0 Å². The third-order valence-electron chi connectivity index (χ3n) is 1.66. The van der Waals surface area contributed by atoms with Crippen molar-refractivity contribution in [2.45, 2.75) is 11.5 Å². The van der Waals surface area contributed by atoms with Crippen LogP contribution in [0, 0.1) is 0 Å². The summed E-state index contributed by atoms with van der Waals surface area (Å²) >= 11 is 0. The molecule has 0 spiro atoms. The molecule has 16 heavy (non-hydrogen) atoms. The Morgan fingerprint density at radius 2 is 1.88 bits per heavy atom. The number of methoxy groups -OCH3 is 1. The van der Waals surface area contributed by atoms with Crippen molar-refractivity contribution in [2.75, 3.05) is 7.11 Å². The van der Waals surface area contributed by atoms with Crippen molar-refractivity contribution < 1.29 is 26.7 Å². The first-order valence-corrected chi connectivity index (χ1v) is 5.55. The highest BCUT2D eigenvalue weighted by molar-refractivity contribution is 7.89. The Morgan fingerprint density at radius 1 is 1.31 bits per heavy atom. The number of sulfonamides is 1. The van der Waals surface area contributed by atoms with Crippen LogP contribution in [0.25, 0.3) is 0 Å². The predicted octanol–water partition coefficient (Wildman–Crippen LogP) is 0.944. The second-order valence-corrected chi connectivity index (χ2v) is 4.21. The quantitative estimate of drug-likeness (QED) is 0.866. The zero-order valence-electron chi connectivity index (χ0n) is 8.18. The lowest BCUT2D eigenvalue weighted by molar-refractivity contribution is -0.0519. The summed E-state index contributed by atoms with van der Waals surface area (Å²) in [6.45, 7) is -3.15. The highest BCUT2D eigenvalue weighted by atomic mass is 32.2. The second kappa shape index (κ2) is 4.62. The van der Waals surface area contributed by atoms with Crippen molar-refractivity contribution in [1.82, 2.24) is 0 Å². The zero-order chi connectivity index (χ0) is 12.3. The number of ether oxygens (including phenoxy) is 2. The average molecular weight is 253 g/mol. The summed E-state index contributed by atoms with van der Waals surface area (Å²) in [5, 5.41) is 4.88. The Kier molecular flexibility index (Phi) is 3.66. The fraction of sp³-hybridized carbons (Fsp3) is 0.250. The molecule has 0 fully saturated rings. The van der Waals surface area contributed by atoms with Crippen LogP contribution < -0.4 is 14.6 Å². The summed E-state index contributed by atoms with van der Waals surface area (Å²) in [4.78, 5) is -0.599. The number of nitrogens with two attached hydrogens (primary N) is 1. The van der Waals surface area contributed by atoms with Gasteiger partial charge in [0, 0.05) is 0 Å². The fourth-order valence-corrected chi connectivity index (χ4v) is 1.95. The van der Waals surface area contributed by atoms with Gasteiger partial charge >= 0.3 is 6.61 Å². The molecule has 5 nitrogen and oxygen atoms in total. The summed E-state index contributed by atoms with van der Waals surface area (Å²) < 4.78 is 55.2. The van der Waals surface area contributed by atoms with E-state index in [1.807, 2.05) is 0 Å². The van der Waals surface area contributed by atoms with Gasteiger partial charge < -0.3 is 9.47 Å². The normalized spacial score (nSPS) is 11.6. The summed E-state index contributed by atoms with van der Waals surface area (Å²) in [7, 11) is -3.01. The van der Waals surface area contributed by atoms with E-state index in [1.54, 1.807) is 0 Å². The molecule has 1 aromatic carbocycles. The molecule has 0 amide bonds.